The van der Waals surface area contributed by atoms with Crippen molar-refractivity contribution in [3.05, 3.63) is 83.8 Å². The van der Waals surface area contributed by atoms with E-state index in [0.717, 1.165) is 11.1 Å². The van der Waals surface area contributed by atoms with Crippen LogP contribution < -0.4 is 11.1 Å². The van der Waals surface area contributed by atoms with Crippen LogP contribution >= 0.6 is 12.4 Å². The molecule has 2 heterocycles. The largest absolute Gasteiger partial charge is 0.374 e. The fourth-order valence-electron chi connectivity index (χ4n) is 4.66. The number of ether oxygens (including phenoxy) is 1. The summed E-state index contributed by atoms with van der Waals surface area (Å²) in [6.07, 6.45) is 3.60. The molecule has 2 aliphatic rings. The zero-order chi connectivity index (χ0) is 26.6. The van der Waals surface area contributed by atoms with Crippen molar-refractivity contribution < 1.29 is 23.5 Å². The molecule has 0 saturated carbocycles. The molecule has 2 aromatic carbocycles. The zero-order valence-electron chi connectivity index (χ0n) is 21.6. The van der Waals surface area contributed by atoms with E-state index < -0.39 is 23.0 Å². The first-order chi connectivity index (χ1) is 17.6. The van der Waals surface area contributed by atoms with Crippen LogP contribution in [-0.4, -0.2) is 70.8 Å². The molecule has 2 aliphatic heterocycles. The van der Waals surface area contributed by atoms with E-state index in [0.29, 0.717) is 19.5 Å². The molecule has 0 unspecified atom stereocenters. The van der Waals surface area contributed by atoms with Gasteiger partial charge >= 0.3 is 0 Å². The molecule has 0 aliphatic carbocycles. The average Bonchev–Trinajstić information content (AvgIpc) is 3.19. The summed E-state index contributed by atoms with van der Waals surface area (Å²) in [7, 11) is 0. The number of carbonyl (C=O) groups is 3. The van der Waals surface area contributed by atoms with Crippen LogP contribution in [-0.2, 0) is 32.1 Å². The Hall–Kier alpha value is -3.27. The number of carbonyl (C=O) groups excluding carboxylic acids is 3. The number of nitrogens with zero attached hydrogens (tertiary/aromatic N) is 2. The van der Waals surface area contributed by atoms with Gasteiger partial charge in [0.2, 0.25) is 11.8 Å². The summed E-state index contributed by atoms with van der Waals surface area (Å²) in [6.45, 7) is 4.31. The van der Waals surface area contributed by atoms with Crippen LogP contribution in [0.15, 0.2) is 66.9 Å². The number of rotatable bonds is 9. The summed E-state index contributed by atoms with van der Waals surface area (Å²) >= 11 is 0. The first-order valence-corrected chi connectivity index (χ1v) is 12.3. The van der Waals surface area contributed by atoms with Crippen molar-refractivity contribution in [2.45, 2.75) is 44.0 Å². The van der Waals surface area contributed by atoms with Crippen molar-refractivity contribution >= 4 is 30.0 Å². The Morgan fingerprint density at radius 3 is 2.45 bits per heavy atom. The smallest absolute Gasteiger partial charge is 0.247 e. The molecule has 3 N–H and O–H groups in total. The van der Waals surface area contributed by atoms with Crippen LogP contribution in [0, 0.1) is 5.82 Å². The molecule has 2 aromatic rings. The summed E-state index contributed by atoms with van der Waals surface area (Å²) in [5.74, 6) is -1.29. The normalized spacial score (nSPS) is 19.5. The fraction of sp³-hybridized carbons (Fsp3) is 0.393. The first kappa shape index (κ1) is 29.3. The molecule has 1 saturated heterocycles. The Morgan fingerprint density at radius 1 is 1.11 bits per heavy atom. The number of piperazine rings is 1. The van der Waals surface area contributed by atoms with Crippen molar-refractivity contribution in [1.29, 1.82) is 0 Å². The van der Waals surface area contributed by atoms with Crippen molar-refractivity contribution in [2.75, 3.05) is 26.2 Å². The van der Waals surface area contributed by atoms with Gasteiger partial charge in [-0.3, -0.25) is 14.4 Å². The number of benzene rings is 2. The molecule has 8 nitrogen and oxygen atoms in total. The summed E-state index contributed by atoms with van der Waals surface area (Å²) in [6, 6.07) is 14.6. The molecule has 38 heavy (non-hydrogen) atoms. The maximum Gasteiger partial charge on any atom is 0.247 e. The molecule has 2 atom stereocenters. The SMILES string of the molecule is CC(C)(N)C(=O)N[C@H](COCc1ccccc1)C(=O)N1CCN2C=CC(=O)[C@]2(Cc2ccc(F)cc2)C1.Cl. The van der Waals surface area contributed by atoms with Crippen molar-refractivity contribution in [3.8, 4) is 0 Å². The number of ketones is 1. The highest BCUT2D eigenvalue weighted by molar-refractivity contribution is 6.01. The Morgan fingerprint density at radius 2 is 1.79 bits per heavy atom. The zero-order valence-corrected chi connectivity index (χ0v) is 22.4. The molecule has 0 bridgehead atoms. The van der Waals surface area contributed by atoms with Crippen LogP contribution in [0.5, 0.6) is 0 Å². The van der Waals surface area contributed by atoms with Gasteiger partial charge in [-0.2, -0.15) is 0 Å². The maximum atomic E-state index is 13.7. The highest BCUT2D eigenvalue weighted by atomic mass is 35.5. The van der Waals surface area contributed by atoms with E-state index in [4.69, 9.17) is 10.5 Å². The third-order valence-corrected chi connectivity index (χ3v) is 6.78. The quantitative estimate of drug-likeness (QED) is 0.501. The molecular formula is C28H34ClFN4O4. The van der Waals surface area contributed by atoms with Crippen molar-refractivity contribution in [2.24, 2.45) is 5.73 Å². The molecule has 0 aromatic heterocycles. The van der Waals surface area contributed by atoms with Gasteiger partial charge in [-0.1, -0.05) is 42.5 Å². The highest BCUT2D eigenvalue weighted by Crippen LogP contribution is 2.32. The predicted molar refractivity (Wildman–Crippen MR) is 144 cm³/mol. The molecule has 4 rings (SSSR count). The summed E-state index contributed by atoms with van der Waals surface area (Å²) in [4.78, 5) is 43.1. The third kappa shape index (κ3) is 6.59. The number of hydrogen-bond acceptors (Lipinski definition) is 6. The van der Waals surface area contributed by atoms with E-state index >= 15 is 0 Å². The summed E-state index contributed by atoms with van der Waals surface area (Å²) in [5, 5.41) is 2.74. The Balaban J connectivity index is 0.00000400. The van der Waals surface area contributed by atoms with Gasteiger partial charge in [-0.05, 0) is 43.2 Å². The van der Waals surface area contributed by atoms with Crippen LogP contribution in [0.25, 0.3) is 0 Å². The Labute approximate surface area is 228 Å². The van der Waals surface area contributed by atoms with Gasteiger partial charge < -0.3 is 25.6 Å². The first-order valence-electron chi connectivity index (χ1n) is 12.3. The van der Waals surface area contributed by atoms with Gasteiger partial charge in [0.15, 0.2) is 5.78 Å². The van der Waals surface area contributed by atoms with E-state index in [1.165, 1.54) is 18.2 Å². The lowest BCUT2D eigenvalue weighted by Crippen LogP contribution is -2.66. The lowest BCUT2D eigenvalue weighted by molar-refractivity contribution is -0.145. The van der Waals surface area contributed by atoms with Crippen LogP contribution in [0.1, 0.15) is 25.0 Å². The van der Waals surface area contributed by atoms with Crippen molar-refractivity contribution in [3.63, 3.8) is 0 Å². The van der Waals surface area contributed by atoms with E-state index in [1.54, 1.807) is 37.1 Å². The van der Waals surface area contributed by atoms with Gasteiger partial charge in [0.25, 0.3) is 0 Å². The lowest BCUT2D eigenvalue weighted by atomic mass is 9.84. The molecular weight excluding hydrogens is 511 g/mol. The number of nitrogens with one attached hydrogen (secondary N) is 1. The minimum absolute atomic E-state index is 0. The molecule has 0 spiro atoms. The van der Waals surface area contributed by atoms with Crippen LogP contribution in [0.4, 0.5) is 4.39 Å². The summed E-state index contributed by atoms with van der Waals surface area (Å²) in [5.41, 5.74) is 5.52. The Kier molecular flexibility index (Phi) is 9.30. The number of fused-ring (bicyclic) bond motifs is 1. The molecule has 10 heteroatoms. The highest BCUT2D eigenvalue weighted by Gasteiger charge is 2.50. The van der Waals surface area contributed by atoms with Crippen LogP contribution in [0.2, 0.25) is 0 Å². The molecule has 0 radical (unpaired) electrons. The average molecular weight is 545 g/mol. The maximum absolute atomic E-state index is 13.7. The van der Waals surface area contributed by atoms with Gasteiger partial charge in [0.1, 0.15) is 17.4 Å². The van der Waals surface area contributed by atoms with Crippen molar-refractivity contribution in [1.82, 2.24) is 15.1 Å². The predicted octanol–water partition coefficient (Wildman–Crippen LogP) is 2.21. The number of halogens is 2. The fourth-order valence-corrected chi connectivity index (χ4v) is 4.66. The van der Waals surface area contributed by atoms with Gasteiger partial charge in [-0.25, -0.2) is 4.39 Å². The number of amides is 2. The second kappa shape index (κ2) is 12.1. The molecule has 2 amide bonds. The second-order valence-electron chi connectivity index (χ2n) is 10.2. The van der Waals surface area contributed by atoms with E-state index in [-0.39, 0.29) is 49.7 Å². The minimum Gasteiger partial charge on any atom is -0.374 e. The lowest BCUT2D eigenvalue weighted by Gasteiger charge is -2.47. The van der Waals surface area contributed by atoms with Crippen LogP contribution in [0.3, 0.4) is 0 Å². The van der Waals surface area contributed by atoms with Gasteiger partial charge in [-0.15, -0.1) is 12.4 Å². The number of hydrogen-bond donors (Lipinski definition) is 2. The number of nitrogens with two attached hydrogens (primary N) is 1. The second-order valence-corrected chi connectivity index (χ2v) is 10.2. The third-order valence-electron chi connectivity index (χ3n) is 6.78. The van der Waals surface area contributed by atoms with E-state index in [1.807, 2.05) is 35.2 Å². The van der Waals surface area contributed by atoms with E-state index in [2.05, 4.69) is 5.32 Å². The van der Waals surface area contributed by atoms with Gasteiger partial charge in [0.05, 0.1) is 25.3 Å². The van der Waals surface area contributed by atoms with E-state index in [9.17, 15) is 18.8 Å². The topological polar surface area (TPSA) is 105 Å². The minimum atomic E-state index is -1.19. The molecule has 204 valence electrons. The monoisotopic (exact) mass is 544 g/mol. The molecule has 1 fully saturated rings. The van der Waals surface area contributed by atoms with Gasteiger partial charge in [0, 0.05) is 25.7 Å². The Bertz CT molecular complexity index is 1170. The summed E-state index contributed by atoms with van der Waals surface area (Å²) < 4.78 is 19.3. The standard InChI is InChI=1S/C28H33FN4O4.ClH/c1-27(2,30)26(36)31-23(18-37-17-21-6-4-3-5-7-21)25(35)32-14-15-33-13-12-24(34)28(33,19-32)16-20-8-10-22(29)11-9-20;/h3-13,23H,14-19,30H2,1-2H3,(H,31,36);1H/t23-,28+;/m1./s1.